The summed E-state index contributed by atoms with van der Waals surface area (Å²) >= 11 is 0. The van der Waals surface area contributed by atoms with E-state index in [2.05, 4.69) is 17.1 Å². The molecule has 1 heterocycles. The Balaban J connectivity index is 2.44. The molecule has 0 atom stereocenters. The Morgan fingerprint density at radius 1 is 1.55 bits per heavy atom. The van der Waals surface area contributed by atoms with Crippen LogP contribution in [-0.2, 0) is 18.1 Å². The average Bonchev–Trinajstić information content (AvgIpc) is 2.48. The molecule has 61 valence electrons. The van der Waals surface area contributed by atoms with Gasteiger partial charge in [-0.25, -0.2) is 5.11 Å². The van der Waals surface area contributed by atoms with Crippen LogP contribution in [0.25, 0.3) is 0 Å². The van der Waals surface area contributed by atoms with E-state index in [1.165, 1.54) is 0 Å². The highest BCUT2D eigenvalue weighted by Crippen LogP contribution is 2.02. The van der Waals surface area contributed by atoms with Crippen molar-refractivity contribution in [2.45, 2.75) is 32.8 Å². The normalized spacial score (nSPS) is 10.4. The summed E-state index contributed by atoms with van der Waals surface area (Å²) in [5.41, 5.74) is 0. The van der Waals surface area contributed by atoms with Crippen LogP contribution < -0.4 is 0 Å². The molecule has 0 aromatic carbocycles. The quantitative estimate of drug-likeness (QED) is 0.659. The van der Waals surface area contributed by atoms with E-state index in [-0.39, 0.29) is 5.82 Å². The maximum absolute atomic E-state index is 10.2. The zero-order chi connectivity index (χ0) is 8.10. The van der Waals surface area contributed by atoms with Gasteiger partial charge in [-0.05, 0) is 6.42 Å². The topological polar surface area (TPSA) is 58.8 Å². The second kappa shape index (κ2) is 4.08. The molecule has 0 saturated heterocycles. The van der Waals surface area contributed by atoms with Crippen LogP contribution in [0.4, 0.5) is 0 Å². The molecule has 0 aliphatic heterocycles. The van der Waals surface area contributed by atoms with Crippen LogP contribution in [0.2, 0.25) is 0 Å². The van der Waals surface area contributed by atoms with Crippen LogP contribution in [0.5, 0.6) is 0 Å². The maximum atomic E-state index is 10.2. The van der Waals surface area contributed by atoms with E-state index in [0.29, 0.717) is 5.89 Å². The first kappa shape index (κ1) is 8.20. The Morgan fingerprint density at radius 2 is 2.36 bits per heavy atom. The van der Waals surface area contributed by atoms with Gasteiger partial charge < -0.3 is 4.52 Å². The smallest absolute Gasteiger partial charge is 0.226 e. The largest absolute Gasteiger partial charge is 0.339 e. The zero-order valence-electron chi connectivity index (χ0n) is 6.54. The lowest BCUT2D eigenvalue weighted by Gasteiger charge is -1.87. The number of nitrogens with zero attached hydrogens (tertiary/aromatic N) is 2. The SMILES string of the molecule is CCCCc1nc(C[O])no1. The van der Waals surface area contributed by atoms with Gasteiger partial charge in [0.25, 0.3) is 0 Å². The molecule has 0 bridgehead atoms. The lowest BCUT2D eigenvalue weighted by atomic mass is 10.2. The number of rotatable bonds is 4. The van der Waals surface area contributed by atoms with Crippen molar-refractivity contribution >= 4 is 0 Å². The molecule has 0 spiro atoms. The van der Waals surface area contributed by atoms with Gasteiger partial charge in [0.15, 0.2) is 0 Å². The summed E-state index contributed by atoms with van der Waals surface area (Å²) in [6, 6.07) is 0. The van der Waals surface area contributed by atoms with E-state index in [1.54, 1.807) is 0 Å². The summed E-state index contributed by atoms with van der Waals surface area (Å²) in [4.78, 5) is 3.88. The number of unbranched alkanes of at least 4 members (excludes halogenated alkanes) is 1. The van der Waals surface area contributed by atoms with E-state index in [4.69, 9.17) is 4.52 Å². The van der Waals surface area contributed by atoms with Gasteiger partial charge in [0, 0.05) is 6.42 Å². The molecule has 1 aromatic rings. The van der Waals surface area contributed by atoms with Crippen LogP contribution in [-0.4, -0.2) is 10.1 Å². The van der Waals surface area contributed by atoms with E-state index >= 15 is 0 Å². The molecular weight excluding hydrogens is 144 g/mol. The van der Waals surface area contributed by atoms with Gasteiger partial charge in [-0.3, -0.25) is 0 Å². The molecule has 4 nitrogen and oxygen atoms in total. The fourth-order valence-corrected chi connectivity index (χ4v) is 0.778. The van der Waals surface area contributed by atoms with Gasteiger partial charge in [-0.1, -0.05) is 18.5 Å². The second-order valence-electron chi connectivity index (χ2n) is 2.35. The summed E-state index contributed by atoms with van der Waals surface area (Å²) in [6.45, 7) is 1.69. The summed E-state index contributed by atoms with van der Waals surface area (Å²) in [5, 5.41) is 13.7. The number of hydrogen-bond acceptors (Lipinski definition) is 3. The summed E-state index contributed by atoms with van der Waals surface area (Å²) < 4.78 is 4.80. The third kappa shape index (κ3) is 2.31. The Kier molecular flexibility index (Phi) is 3.04. The molecular formula is C7H11N2O2. The molecule has 0 unspecified atom stereocenters. The van der Waals surface area contributed by atoms with Crippen molar-refractivity contribution in [2.75, 3.05) is 0 Å². The Labute approximate surface area is 65.2 Å². The standard InChI is InChI=1S/C7H11N2O2/c1-2-3-4-7-8-6(5-10)9-11-7/h2-5H2,1H3. The van der Waals surface area contributed by atoms with Crippen molar-refractivity contribution in [2.24, 2.45) is 0 Å². The summed E-state index contributed by atoms with van der Waals surface area (Å²) in [6.07, 6.45) is 2.90. The van der Waals surface area contributed by atoms with Crippen LogP contribution in [0.15, 0.2) is 4.52 Å². The first-order valence-corrected chi connectivity index (χ1v) is 3.76. The molecule has 4 heteroatoms. The third-order valence-corrected chi connectivity index (χ3v) is 1.38. The van der Waals surface area contributed by atoms with Crippen LogP contribution in [0, 0.1) is 0 Å². The van der Waals surface area contributed by atoms with Crippen molar-refractivity contribution in [1.82, 2.24) is 10.1 Å². The fraction of sp³-hybridized carbons (Fsp3) is 0.714. The number of aryl methyl sites for hydroxylation is 1. The highest BCUT2D eigenvalue weighted by molar-refractivity contribution is 4.83. The monoisotopic (exact) mass is 155 g/mol. The molecule has 0 saturated carbocycles. The Bertz CT molecular complexity index is 210. The molecule has 0 aliphatic carbocycles. The van der Waals surface area contributed by atoms with Crippen molar-refractivity contribution in [3.05, 3.63) is 11.7 Å². The highest BCUT2D eigenvalue weighted by atomic mass is 16.5. The lowest BCUT2D eigenvalue weighted by Crippen LogP contribution is -1.86. The van der Waals surface area contributed by atoms with Crippen molar-refractivity contribution < 1.29 is 9.63 Å². The van der Waals surface area contributed by atoms with Gasteiger partial charge in [-0.15, -0.1) is 0 Å². The second-order valence-corrected chi connectivity index (χ2v) is 2.35. The minimum atomic E-state index is -0.393. The van der Waals surface area contributed by atoms with Crippen molar-refractivity contribution in [3.8, 4) is 0 Å². The third-order valence-electron chi connectivity index (χ3n) is 1.38. The predicted octanol–water partition coefficient (Wildman–Crippen LogP) is 1.34. The first-order chi connectivity index (χ1) is 5.36. The lowest BCUT2D eigenvalue weighted by molar-refractivity contribution is 0.166. The molecule has 0 aliphatic rings. The zero-order valence-corrected chi connectivity index (χ0v) is 6.54. The van der Waals surface area contributed by atoms with Gasteiger partial charge in [0.1, 0.15) is 6.61 Å². The molecule has 0 fully saturated rings. The molecule has 0 N–H and O–H groups in total. The maximum Gasteiger partial charge on any atom is 0.226 e. The molecule has 1 rings (SSSR count). The fourth-order valence-electron chi connectivity index (χ4n) is 0.778. The van der Waals surface area contributed by atoms with E-state index in [9.17, 15) is 5.11 Å². The van der Waals surface area contributed by atoms with Crippen LogP contribution in [0.3, 0.4) is 0 Å². The van der Waals surface area contributed by atoms with Crippen molar-refractivity contribution in [3.63, 3.8) is 0 Å². The van der Waals surface area contributed by atoms with Gasteiger partial charge in [-0.2, -0.15) is 4.98 Å². The van der Waals surface area contributed by atoms with Gasteiger partial charge >= 0.3 is 0 Å². The van der Waals surface area contributed by atoms with Gasteiger partial charge in [0.05, 0.1) is 0 Å². The molecule has 1 radical (unpaired) electrons. The van der Waals surface area contributed by atoms with Crippen LogP contribution in [0.1, 0.15) is 31.5 Å². The van der Waals surface area contributed by atoms with E-state index in [1.807, 2.05) is 0 Å². The molecule has 11 heavy (non-hydrogen) atoms. The van der Waals surface area contributed by atoms with E-state index in [0.717, 1.165) is 19.3 Å². The molecule has 1 aromatic heterocycles. The first-order valence-electron chi connectivity index (χ1n) is 3.76. The number of hydrogen-bond donors (Lipinski definition) is 0. The van der Waals surface area contributed by atoms with Gasteiger partial charge in [0.2, 0.25) is 11.7 Å². The predicted molar refractivity (Wildman–Crippen MR) is 37.3 cm³/mol. The minimum Gasteiger partial charge on any atom is -0.339 e. The van der Waals surface area contributed by atoms with Crippen LogP contribution >= 0.6 is 0 Å². The minimum absolute atomic E-state index is 0.260. The summed E-state index contributed by atoms with van der Waals surface area (Å²) in [5.74, 6) is 0.841. The number of aromatic nitrogens is 2. The van der Waals surface area contributed by atoms with E-state index < -0.39 is 6.61 Å². The Hall–Kier alpha value is -0.900. The van der Waals surface area contributed by atoms with Crippen molar-refractivity contribution in [1.29, 1.82) is 0 Å². The Morgan fingerprint density at radius 3 is 2.91 bits per heavy atom. The average molecular weight is 155 g/mol. The highest BCUT2D eigenvalue weighted by Gasteiger charge is 2.03. The molecule has 0 amide bonds. The summed E-state index contributed by atoms with van der Waals surface area (Å²) in [7, 11) is 0.